The second kappa shape index (κ2) is 9.02. The molecule has 3 aromatic heterocycles. The van der Waals surface area contributed by atoms with E-state index in [-0.39, 0.29) is 34.5 Å². The zero-order chi connectivity index (χ0) is 26.3. The Hall–Kier alpha value is -4.79. The summed E-state index contributed by atoms with van der Waals surface area (Å²) in [4.78, 5) is 34.6. The molecule has 1 amide bonds. The van der Waals surface area contributed by atoms with Gasteiger partial charge in [0, 0.05) is 17.9 Å². The van der Waals surface area contributed by atoms with E-state index in [1.165, 1.54) is 36.0 Å². The Morgan fingerprint density at radius 3 is 2.59 bits per heavy atom. The molecule has 0 bridgehead atoms. The highest BCUT2D eigenvalue weighted by Gasteiger charge is 2.32. The molecule has 1 aromatic carbocycles. The van der Waals surface area contributed by atoms with E-state index >= 15 is 0 Å². The summed E-state index contributed by atoms with van der Waals surface area (Å²) in [5.41, 5.74) is -0.867. The number of nitriles is 1. The van der Waals surface area contributed by atoms with Crippen LogP contribution in [0.4, 0.5) is 13.2 Å². The number of aromatic nitrogens is 5. The lowest BCUT2D eigenvalue weighted by atomic mass is 10.1. The molecule has 0 radical (unpaired) electrons. The van der Waals surface area contributed by atoms with Crippen LogP contribution in [0.5, 0.6) is 0 Å². The number of nitrogens with zero attached hydrogens (tertiary/aromatic N) is 6. The number of hydrogen-bond donors (Lipinski definition) is 1. The molecule has 3 heterocycles. The molecule has 186 valence electrons. The van der Waals surface area contributed by atoms with Crippen molar-refractivity contribution < 1.29 is 18.0 Å². The summed E-state index contributed by atoms with van der Waals surface area (Å²) in [6, 6.07) is 10.9. The molecule has 1 aliphatic rings. The normalized spacial score (nSPS) is 13.3. The summed E-state index contributed by atoms with van der Waals surface area (Å²) < 4.78 is 42.7. The number of pyridine rings is 1. The fraction of sp³-hybridized carbons (Fsp3) is 0.200. The third-order valence-corrected chi connectivity index (χ3v) is 5.83. The maximum absolute atomic E-state index is 13.4. The molecule has 0 aliphatic heterocycles. The van der Waals surface area contributed by atoms with Gasteiger partial charge in [0.1, 0.15) is 23.2 Å². The topological polar surface area (TPSA) is 118 Å². The molecule has 0 spiro atoms. The van der Waals surface area contributed by atoms with Crippen molar-refractivity contribution in [2.24, 2.45) is 0 Å². The minimum atomic E-state index is -4.62. The Morgan fingerprint density at radius 1 is 1.16 bits per heavy atom. The van der Waals surface area contributed by atoms with Crippen LogP contribution in [-0.4, -0.2) is 36.3 Å². The van der Waals surface area contributed by atoms with Gasteiger partial charge < -0.3 is 5.32 Å². The Balaban J connectivity index is 1.66. The number of rotatable bonds is 5. The molecule has 1 fully saturated rings. The number of nitrogens with one attached hydrogen (secondary N) is 1. The standard InChI is InChI=1S/C25H18F3N7O2/c1-14-21(20-9-10-34(33-20)19-8-7-17(12-29)30-13-19)32-22(23(36)31-16-5-6-16)24(37)35(14)18-4-2-3-15(11-18)25(26,27)28/h2-4,7-11,13,16H,5-6H2,1H3,(H,31,36). The predicted molar refractivity (Wildman–Crippen MR) is 125 cm³/mol. The van der Waals surface area contributed by atoms with Crippen LogP contribution in [-0.2, 0) is 6.18 Å². The summed E-state index contributed by atoms with van der Waals surface area (Å²) >= 11 is 0. The second-order valence-corrected chi connectivity index (χ2v) is 8.49. The smallest absolute Gasteiger partial charge is 0.348 e. The predicted octanol–water partition coefficient (Wildman–Crippen LogP) is 3.57. The van der Waals surface area contributed by atoms with Gasteiger partial charge in [-0.1, -0.05) is 6.07 Å². The van der Waals surface area contributed by atoms with Crippen molar-refractivity contribution in [2.75, 3.05) is 0 Å². The first-order valence-electron chi connectivity index (χ1n) is 11.2. The average molecular weight is 505 g/mol. The van der Waals surface area contributed by atoms with Crippen LogP contribution in [0.25, 0.3) is 22.8 Å². The lowest BCUT2D eigenvalue weighted by molar-refractivity contribution is -0.137. The minimum Gasteiger partial charge on any atom is -0.348 e. The van der Waals surface area contributed by atoms with Gasteiger partial charge in [-0.05, 0) is 56.2 Å². The lowest BCUT2D eigenvalue weighted by Crippen LogP contribution is -2.36. The van der Waals surface area contributed by atoms with Crippen molar-refractivity contribution in [3.05, 3.63) is 87.9 Å². The van der Waals surface area contributed by atoms with Gasteiger partial charge in [-0.3, -0.25) is 14.2 Å². The quantitative estimate of drug-likeness (QED) is 0.443. The molecule has 37 heavy (non-hydrogen) atoms. The van der Waals surface area contributed by atoms with Crippen LogP contribution >= 0.6 is 0 Å². The molecule has 1 saturated carbocycles. The number of halogens is 3. The van der Waals surface area contributed by atoms with Crippen LogP contribution in [0, 0.1) is 18.3 Å². The largest absolute Gasteiger partial charge is 0.416 e. The maximum Gasteiger partial charge on any atom is 0.416 e. The van der Waals surface area contributed by atoms with Gasteiger partial charge >= 0.3 is 6.18 Å². The molecule has 1 aliphatic carbocycles. The van der Waals surface area contributed by atoms with Crippen molar-refractivity contribution in [1.82, 2.24) is 29.6 Å². The van der Waals surface area contributed by atoms with E-state index in [0.717, 1.165) is 29.5 Å². The van der Waals surface area contributed by atoms with E-state index in [9.17, 15) is 22.8 Å². The lowest BCUT2D eigenvalue weighted by Gasteiger charge is -2.16. The fourth-order valence-corrected chi connectivity index (χ4v) is 3.79. The third kappa shape index (κ3) is 4.71. The highest BCUT2D eigenvalue weighted by Crippen LogP contribution is 2.31. The monoisotopic (exact) mass is 505 g/mol. The molecule has 0 atom stereocenters. The van der Waals surface area contributed by atoms with Gasteiger partial charge in [-0.2, -0.15) is 23.5 Å². The Labute approximate surface area is 207 Å². The van der Waals surface area contributed by atoms with Gasteiger partial charge in [0.2, 0.25) is 0 Å². The Bertz CT molecular complexity index is 1610. The number of amides is 1. The van der Waals surface area contributed by atoms with Gasteiger partial charge in [-0.15, -0.1) is 0 Å². The number of alkyl halides is 3. The van der Waals surface area contributed by atoms with Crippen LogP contribution < -0.4 is 10.9 Å². The zero-order valence-electron chi connectivity index (χ0n) is 19.3. The maximum atomic E-state index is 13.4. The molecular weight excluding hydrogens is 487 g/mol. The van der Waals surface area contributed by atoms with Crippen LogP contribution in [0.1, 0.15) is 40.3 Å². The van der Waals surface area contributed by atoms with Gasteiger partial charge in [0.05, 0.1) is 23.1 Å². The second-order valence-electron chi connectivity index (χ2n) is 8.49. The first kappa shape index (κ1) is 23.9. The average Bonchev–Trinajstić information content (AvgIpc) is 3.56. The van der Waals surface area contributed by atoms with Crippen LogP contribution in [0.2, 0.25) is 0 Å². The summed E-state index contributed by atoms with van der Waals surface area (Å²) in [6.45, 7) is 1.52. The van der Waals surface area contributed by atoms with Crippen molar-refractivity contribution in [3.8, 4) is 28.8 Å². The molecule has 12 heteroatoms. The van der Waals surface area contributed by atoms with Gasteiger partial charge in [0.15, 0.2) is 5.69 Å². The highest BCUT2D eigenvalue weighted by molar-refractivity contribution is 5.93. The molecular formula is C25H18F3N7O2. The molecule has 0 unspecified atom stereocenters. The first-order valence-corrected chi connectivity index (χ1v) is 11.2. The van der Waals surface area contributed by atoms with E-state index in [2.05, 4.69) is 20.4 Å². The fourth-order valence-electron chi connectivity index (χ4n) is 3.79. The summed E-state index contributed by atoms with van der Waals surface area (Å²) in [7, 11) is 0. The third-order valence-electron chi connectivity index (χ3n) is 5.83. The van der Waals surface area contributed by atoms with Crippen molar-refractivity contribution in [1.29, 1.82) is 5.26 Å². The number of hydrogen-bond acceptors (Lipinski definition) is 6. The van der Waals surface area contributed by atoms with Crippen LogP contribution in [0.3, 0.4) is 0 Å². The highest BCUT2D eigenvalue weighted by atomic mass is 19.4. The zero-order valence-corrected chi connectivity index (χ0v) is 19.3. The van der Waals surface area contributed by atoms with E-state index < -0.39 is 28.9 Å². The number of benzene rings is 1. The van der Waals surface area contributed by atoms with E-state index in [1.807, 2.05) is 6.07 Å². The summed E-state index contributed by atoms with van der Waals surface area (Å²) in [5, 5.41) is 16.1. The Morgan fingerprint density at radius 2 is 1.95 bits per heavy atom. The first-order chi connectivity index (χ1) is 17.7. The number of carbonyl (C=O) groups excluding carboxylic acids is 1. The summed E-state index contributed by atoms with van der Waals surface area (Å²) in [5.74, 6) is -0.704. The van der Waals surface area contributed by atoms with Crippen molar-refractivity contribution in [3.63, 3.8) is 0 Å². The Kier molecular flexibility index (Phi) is 5.83. The SMILES string of the molecule is Cc1c(-c2ccn(-c3ccc(C#N)nc3)n2)nc(C(=O)NC2CC2)c(=O)n1-c1cccc(C(F)(F)F)c1. The van der Waals surface area contributed by atoms with Crippen molar-refractivity contribution in [2.45, 2.75) is 32.0 Å². The van der Waals surface area contributed by atoms with Crippen LogP contribution in [0.15, 0.2) is 59.7 Å². The minimum absolute atomic E-state index is 0.0582. The summed E-state index contributed by atoms with van der Waals surface area (Å²) in [6.07, 6.45) is -0.0229. The van der Waals surface area contributed by atoms with Gasteiger partial charge in [0.25, 0.3) is 11.5 Å². The number of carbonyl (C=O) groups is 1. The van der Waals surface area contributed by atoms with Gasteiger partial charge in [-0.25, -0.2) is 14.6 Å². The molecule has 9 nitrogen and oxygen atoms in total. The molecule has 5 rings (SSSR count). The van der Waals surface area contributed by atoms with Crippen molar-refractivity contribution >= 4 is 5.91 Å². The van der Waals surface area contributed by atoms with E-state index in [4.69, 9.17) is 5.26 Å². The molecule has 0 saturated heterocycles. The van der Waals surface area contributed by atoms with E-state index in [0.29, 0.717) is 5.69 Å². The molecule has 4 aromatic rings. The molecule has 1 N–H and O–H groups in total. The van der Waals surface area contributed by atoms with E-state index in [1.54, 1.807) is 18.3 Å².